The molecule has 0 bridgehead atoms. The lowest BCUT2D eigenvalue weighted by atomic mass is 9.53. The van der Waals surface area contributed by atoms with Crippen LogP contribution in [0.15, 0.2) is 90.6 Å². The van der Waals surface area contributed by atoms with Gasteiger partial charge in [-0.15, -0.1) is 6.58 Å². The summed E-state index contributed by atoms with van der Waals surface area (Å²) in [6.45, 7) is 18.5. The molecule has 0 spiro atoms. The first-order valence-electron chi connectivity index (χ1n) is 15.5. The second-order valence-electron chi connectivity index (χ2n) is 14.9. The summed E-state index contributed by atoms with van der Waals surface area (Å²) in [4.78, 5) is 0. The number of hydrogen-bond donors (Lipinski definition) is 0. The van der Waals surface area contributed by atoms with Crippen molar-refractivity contribution >= 4 is 0 Å². The first-order chi connectivity index (χ1) is 18.1. The maximum absolute atomic E-state index is 4.12. The van der Waals surface area contributed by atoms with E-state index in [9.17, 15) is 0 Å². The van der Waals surface area contributed by atoms with Crippen LogP contribution >= 0.6 is 0 Å². The number of allylic oxidation sites excluding steroid dienone is 9. The van der Waals surface area contributed by atoms with Gasteiger partial charge in [-0.25, -0.2) is 0 Å². The zero-order valence-electron chi connectivity index (χ0n) is 25.0. The van der Waals surface area contributed by atoms with E-state index < -0.39 is 0 Å². The molecule has 5 atom stereocenters. The van der Waals surface area contributed by atoms with Gasteiger partial charge < -0.3 is 0 Å². The Bertz CT molecular complexity index is 1050. The Morgan fingerprint density at radius 2 is 1.29 bits per heavy atom. The molecule has 2 saturated carbocycles. The third-order valence-electron chi connectivity index (χ3n) is 10.6. The SMILES string of the molecule is C=CCCCC(c1ccccc1)(C1CCCC1)C1C2C=C(C(C)(C)C)C=CC2C2C=CC(C(C)(C)C)=CC21. The van der Waals surface area contributed by atoms with Gasteiger partial charge in [0.15, 0.2) is 0 Å². The van der Waals surface area contributed by atoms with E-state index >= 15 is 0 Å². The minimum absolute atomic E-state index is 0.174. The summed E-state index contributed by atoms with van der Waals surface area (Å²) in [6.07, 6.45) is 27.0. The van der Waals surface area contributed by atoms with Crippen LogP contribution in [0.5, 0.6) is 0 Å². The lowest BCUT2D eigenvalue weighted by Crippen LogP contribution is -2.46. The van der Waals surface area contributed by atoms with E-state index in [4.69, 9.17) is 0 Å². The van der Waals surface area contributed by atoms with Gasteiger partial charge in [0.25, 0.3) is 0 Å². The van der Waals surface area contributed by atoms with Gasteiger partial charge in [0.1, 0.15) is 0 Å². The van der Waals surface area contributed by atoms with Crippen molar-refractivity contribution in [1.82, 2.24) is 0 Å². The van der Waals surface area contributed by atoms with Crippen LogP contribution in [-0.4, -0.2) is 0 Å². The molecule has 5 unspecified atom stereocenters. The molecule has 0 N–H and O–H groups in total. The second-order valence-corrected chi connectivity index (χ2v) is 14.9. The van der Waals surface area contributed by atoms with E-state index in [0.717, 1.165) is 12.3 Å². The quantitative estimate of drug-likeness (QED) is 0.254. The maximum Gasteiger partial charge on any atom is 0.00212 e. The molecule has 0 aromatic heterocycles. The monoisotopic (exact) mass is 508 g/mol. The summed E-state index contributed by atoms with van der Waals surface area (Å²) in [7, 11) is 0. The fourth-order valence-corrected chi connectivity index (χ4v) is 8.78. The minimum Gasteiger partial charge on any atom is -0.103 e. The average molecular weight is 509 g/mol. The summed E-state index contributed by atoms with van der Waals surface area (Å²) in [5, 5.41) is 0. The summed E-state index contributed by atoms with van der Waals surface area (Å²) in [6, 6.07) is 11.8. The lowest BCUT2D eigenvalue weighted by molar-refractivity contribution is 0.105. The molecule has 1 aromatic carbocycles. The van der Waals surface area contributed by atoms with Gasteiger partial charge in [0, 0.05) is 5.41 Å². The molecular formula is C38H52. The molecule has 0 aliphatic heterocycles. The normalized spacial score (nSPS) is 30.8. The first kappa shape index (κ1) is 27.5. The van der Waals surface area contributed by atoms with Crippen LogP contribution in [-0.2, 0) is 5.41 Å². The van der Waals surface area contributed by atoms with Crippen molar-refractivity contribution in [3.05, 3.63) is 96.2 Å². The van der Waals surface area contributed by atoms with Crippen molar-refractivity contribution in [3.63, 3.8) is 0 Å². The number of hydrogen-bond acceptors (Lipinski definition) is 0. The smallest absolute Gasteiger partial charge is 0.00212 e. The van der Waals surface area contributed by atoms with E-state index in [-0.39, 0.29) is 16.2 Å². The van der Waals surface area contributed by atoms with Crippen LogP contribution in [0.25, 0.3) is 0 Å². The highest BCUT2D eigenvalue weighted by Gasteiger charge is 2.59. The van der Waals surface area contributed by atoms with Gasteiger partial charge in [-0.1, -0.05) is 127 Å². The Labute approximate surface area is 234 Å². The third-order valence-corrected chi connectivity index (χ3v) is 10.6. The van der Waals surface area contributed by atoms with Crippen molar-refractivity contribution < 1.29 is 0 Å². The van der Waals surface area contributed by atoms with Crippen LogP contribution in [0.4, 0.5) is 0 Å². The zero-order valence-corrected chi connectivity index (χ0v) is 25.0. The Morgan fingerprint density at radius 3 is 1.76 bits per heavy atom. The van der Waals surface area contributed by atoms with Crippen molar-refractivity contribution in [1.29, 1.82) is 0 Å². The first-order valence-corrected chi connectivity index (χ1v) is 15.5. The number of fused-ring (bicyclic) bond motifs is 3. The number of unbranched alkanes of at least 4 members (excludes halogenated alkanes) is 1. The molecule has 4 aliphatic carbocycles. The summed E-state index contributed by atoms with van der Waals surface area (Å²) >= 11 is 0. The highest BCUT2D eigenvalue weighted by molar-refractivity contribution is 5.42. The Kier molecular flexibility index (Phi) is 7.58. The molecule has 1 aromatic rings. The van der Waals surface area contributed by atoms with E-state index in [2.05, 4.69) is 121 Å². The van der Waals surface area contributed by atoms with Gasteiger partial charge >= 0.3 is 0 Å². The molecule has 38 heavy (non-hydrogen) atoms. The Balaban J connectivity index is 1.74. The van der Waals surface area contributed by atoms with Gasteiger partial charge in [-0.05, 0) is 95.2 Å². The van der Waals surface area contributed by atoms with Gasteiger partial charge in [0.2, 0.25) is 0 Å². The van der Waals surface area contributed by atoms with Gasteiger partial charge in [-0.2, -0.15) is 0 Å². The summed E-state index contributed by atoms with van der Waals surface area (Å²) in [5.74, 6) is 3.71. The highest BCUT2D eigenvalue weighted by atomic mass is 14.6. The predicted octanol–water partition coefficient (Wildman–Crippen LogP) is 10.7. The highest BCUT2D eigenvalue weighted by Crippen LogP contribution is 2.64. The van der Waals surface area contributed by atoms with E-state index in [1.807, 2.05) is 0 Å². The molecule has 4 aliphatic rings. The fraction of sp³-hybridized carbons (Fsp3) is 0.579. The van der Waals surface area contributed by atoms with E-state index in [1.165, 1.54) is 49.7 Å². The van der Waals surface area contributed by atoms with Crippen LogP contribution in [0.3, 0.4) is 0 Å². The third kappa shape index (κ3) is 4.87. The summed E-state index contributed by atoms with van der Waals surface area (Å²) in [5.41, 5.74) is 5.22. The van der Waals surface area contributed by atoms with Crippen molar-refractivity contribution in [2.45, 2.75) is 91.9 Å². The Morgan fingerprint density at radius 1 is 0.763 bits per heavy atom. The molecule has 0 saturated heterocycles. The molecule has 2 fully saturated rings. The molecule has 204 valence electrons. The standard InChI is InChI=1S/C38H52/c1-8-9-15-24-38(28-18-13-14-19-28,27-16-11-10-12-17-27)35-33-25-29(36(2,3)4)20-22-31(33)32-23-21-30(26-34(32)35)37(5,6)7/h8,10-12,16-17,20-23,25-26,28,31-35H,1,9,13-15,18-19,24H2,2-7H3. The van der Waals surface area contributed by atoms with Crippen LogP contribution in [0.2, 0.25) is 0 Å². The van der Waals surface area contributed by atoms with Crippen LogP contribution < -0.4 is 0 Å². The van der Waals surface area contributed by atoms with Crippen molar-refractivity contribution in [2.75, 3.05) is 0 Å². The van der Waals surface area contributed by atoms with Crippen LogP contribution in [0.1, 0.15) is 92.1 Å². The molecule has 0 nitrogen and oxygen atoms in total. The number of rotatable bonds is 7. The topological polar surface area (TPSA) is 0 Å². The Hall–Kier alpha value is -2.08. The van der Waals surface area contributed by atoms with Crippen molar-refractivity contribution in [2.24, 2.45) is 46.3 Å². The van der Waals surface area contributed by atoms with Gasteiger partial charge in [-0.3, -0.25) is 0 Å². The molecule has 5 rings (SSSR count). The molecule has 0 radical (unpaired) electrons. The molecule has 0 heteroatoms. The zero-order chi connectivity index (χ0) is 27.1. The predicted molar refractivity (Wildman–Crippen MR) is 165 cm³/mol. The van der Waals surface area contributed by atoms with Crippen LogP contribution in [0, 0.1) is 46.3 Å². The second kappa shape index (κ2) is 10.5. The average Bonchev–Trinajstić information content (AvgIpc) is 3.53. The molecular weight excluding hydrogens is 456 g/mol. The van der Waals surface area contributed by atoms with E-state index in [1.54, 1.807) is 5.56 Å². The summed E-state index contributed by atoms with van der Waals surface area (Å²) < 4.78 is 0. The molecule has 0 heterocycles. The minimum atomic E-state index is 0.174. The van der Waals surface area contributed by atoms with Crippen molar-refractivity contribution in [3.8, 4) is 0 Å². The van der Waals surface area contributed by atoms with Gasteiger partial charge in [0.05, 0.1) is 0 Å². The largest absolute Gasteiger partial charge is 0.103 e. The fourth-order valence-electron chi connectivity index (χ4n) is 8.78. The molecule has 0 amide bonds. The lowest BCUT2D eigenvalue weighted by Gasteiger charge is -2.50. The van der Waals surface area contributed by atoms with E-state index in [0.29, 0.717) is 29.6 Å². The number of benzene rings is 1. The maximum atomic E-state index is 4.12.